The molecule has 1 saturated carbocycles. The van der Waals surface area contributed by atoms with Gasteiger partial charge in [0.1, 0.15) is 12.4 Å². The van der Waals surface area contributed by atoms with Crippen LogP contribution in [-0.4, -0.2) is 23.6 Å². The predicted octanol–water partition coefficient (Wildman–Crippen LogP) is 1.94. The average molecular weight is 277 g/mol. The third kappa shape index (κ3) is 3.88. The fourth-order valence-electron chi connectivity index (χ4n) is 2.28. The van der Waals surface area contributed by atoms with Gasteiger partial charge in [-0.3, -0.25) is 4.79 Å². The summed E-state index contributed by atoms with van der Waals surface area (Å²) in [6.45, 7) is -0.00345. The number of hydrogen-bond donors (Lipinski definition) is 3. The summed E-state index contributed by atoms with van der Waals surface area (Å²) >= 11 is 0. The topological polar surface area (TPSA) is 96.9 Å². The molecule has 1 aromatic carbocycles. The molecule has 1 amide bonds. The second-order valence-corrected chi connectivity index (χ2v) is 4.88. The first kappa shape index (κ1) is 14.2. The van der Waals surface area contributed by atoms with Crippen LogP contribution in [0.15, 0.2) is 29.4 Å². The zero-order valence-corrected chi connectivity index (χ0v) is 11.2. The van der Waals surface area contributed by atoms with E-state index in [1.165, 1.54) is 0 Å². The van der Waals surface area contributed by atoms with Gasteiger partial charge in [0.05, 0.1) is 0 Å². The minimum absolute atomic E-state index is 0.00345. The first-order valence-corrected chi connectivity index (χ1v) is 6.69. The number of nitrogens with two attached hydrogens (primary N) is 1. The summed E-state index contributed by atoms with van der Waals surface area (Å²) in [6.07, 6.45) is 4.18. The van der Waals surface area contributed by atoms with Gasteiger partial charge in [0.15, 0.2) is 5.84 Å². The molecule has 1 aliphatic carbocycles. The highest BCUT2D eigenvalue weighted by Crippen LogP contribution is 2.26. The van der Waals surface area contributed by atoms with Crippen molar-refractivity contribution in [3.05, 3.63) is 24.3 Å². The molecule has 108 valence electrons. The monoisotopic (exact) mass is 277 g/mol. The normalized spacial score (nSPS) is 16.1. The van der Waals surface area contributed by atoms with Crippen molar-refractivity contribution in [3.8, 4) is 5.75 Å². The van der Waals surface area contributed by atoms with Crippen molar-refractivity contribution in [3.63, 3.8) is 0 Å². The average Bonchev–Trinajstić information content (AvgIpc) is 2.99. The molecule has 0 heterocycles. The third-order valence-electron chi connectivity index (χ3n) is 3.34. The molecular formula is C14H19N3O3. The molecule has 4 N–H and O–H groups in total. The lowest BCUT2D eigenvalue weighted by Crippen LogP contribution is -2.21. The maximum absolute atomic E-state index is 12.0. The molecule has 0 aromatic heterocycles. The fourth-order valence-corrected chi connectivity index (χ4v) is 2.28. The van der Waals surface area contributed by atoms with Crippen molar-refractivity contribution in [1.82, 2.24) is 0 Å². The Balaban J connectivity index is 1.93. The van der Waals surface area contributed by atoms with Gasteiger partial charge in [0.2, 0.25) is 5.91 Å². The van der Waals surface area contributed by atoms with Crippen LogP contribution in [0.3, 0.4) is 0 Å². The van der Waals surface area contributed by atoms with E-state index in [2.05, 4.69) is 10.5 Å². The SMILES string of the molecule is N/C(COc1cccc(NC(=O)C2CCCC2)c1)=N\O. The first-order valence-electron chi connectivity index (χ1n) is 6.69. The Hall–Kier alpha value is -2.24. The van der Waals surface area contributed by atoms with Gasteiger partial charge in [0, 0.05) is 17.7 Å². The molecule has 0 bridgehead atoms. The van der Waals surface area contributed by atoms with E-state index >= 15 is 0 Å². The van der Waals surface area contributed by atoms with E-state index < -0.39 is 0 Å². The van der Waals surface area contributed by atoms with Crippen LogP contribution in [0, 0.1) is 5.92 Å². The number of rotatable bonds is 5. The molecule has 2 rings (SSSR count). The van der Waals surface area contributed by atoms with Gasteiger partial charge in [-0.2, -0.15) is 0 Å². The summed E-state index contributed by atoms with van der Waals surface area (Å²) < 4.78 is 5.34. The molecule has 0 spiro atoms. The van der Waals surface area contributed by atoms with E-state index in [9.17, 15) is 4.79 Å². The van der Waals surface area contributed by atoms with E-state index in [1.54, 1.807) is 18.2 Å². The molecule has 0 atom stereocenters. The lowest BCUT2D eigenvalue weighted by molar-refractivity contribution is -0.119. The Kier molecular flexibility index (Phi) is 4.81. The number of carbonyl (C=O) groups excluding carboxylic acids is 1. The van der Waals surface area contributed by atoms with Crippen LogP contribution >= 0.6 is 0 Å². The molecule has 0 saturated heterocycles. The van der Waals surface area contributed by atoms with Crippen LogP contribution in [-0.2, 0) is 4.79 Å². The van der Waals surface area contributed by atoms with Crippen molar-refractivity contribution in [2.24, 2.45) is 16.8 Å². The van der Waals surface area contributed by atoms with Crippen LogP contribution in [0.2, 0.25) is 0 Å². The number of carbonyl (C=O) groups is 1. The Labute approximate surface area is 117 Å². The number of nitrogens with zero attached hydrogens (tertiary/aromatic N) is 1. The molecule has 6 nitrogen and oxygen atoms in total. The minimum atomic E-state index is -0.00889. The third-order valence-corrected chi connectivity index (χ3v) is 3.34. The quantitative estimate of drug-likeness (QED) is 0.331. The van der Waals surface area contributed by atoms with Gasteiger partial charge in [-0.15, -0.1) is 0 Å². The second kappa shape index (κ2) is 6.79. The number of oxime groups is 1. The summed E-state index contributed by atoms with van der Waals surface area (Å²) in [5.74, 6) is 0.735. The van der Waals surface area contributed by atoms with Crippen LogP contribution in [0.5, 0.6) is 5.75 Å². The summed E-state index contributed by atoms with van der Waals surface area (Å²) in [5.41, 5.74) is 6.02. The summed E-state index contributed by atoms with van der Waals surface area (Å²) in [6, 6.07) is 7.06. The van der Waals surface area contributed by atoms with Crippen molar-refractivity contribution in [1.29, 1.82) is 0 Å². The Morgan fingerprint density at radius 2 is 2.20 bits per heavy atom. The highest BCUT2D eigenvalue weighted by molar-refractivity contribution is 5.92. The highest BCUT2D eigenvalue weighted by atomic mass is 16.5. The van der Waals surface area contributed by atoms with E-state index in [1.807, 2.05) is 6.07 Å². The van der Waals surface area contributed by atoms with Crippen LogP contribution in [0.4, 0.5) is 5.69 Å². The number of amides is 1. The van der Waals surface area contributed by atoms with Gasteiger partial charge in [-0.25, -0.2) is 0 Å². The first-order chi connectivity index (χ1) is 9.69. The molecule has 20 heavy (non-hydrogen) atoms. The number of benzene rings is 1. The van der Waals surface area contributed by atoms with Crippen LogP contribution in [0.25, 0.3) is 0 Å². The summed E-state index contributed by atoms with van der Waals surface area (Å²) in [4.78, 5) is 12.0. The Morgan fingerprint density at radius 1 is 1.45 bits per heavy atom. The van der Waals surface area contributed by atoms with Crippen molar-refractivity contribution in [2.45, 2.75) is 25.7 Å². The standard InChI is InChI=1S/C14H19N3O3/c15-13(17-19)9-20-12-7-3-6-11(8-12)16-14(18)10-4-1-2-5-10/h3,6-8,10,19H,1-2,4-5,9H2,(H2,15,17)(H,16,18). The number of nitrogens with one attached hydrogen (secondary N) is 1. The zero-order valence-electron chi connectivity index (χ0n) is 11.2. The Morgan fingerprint density at radius 3 is 2.90 bits per heavy atom. The van der Waals surface area contributed by atoms with E-state index in [0.717, 1.165) is 25.7 Å². The second-order valence-electron chi connectivity index (χ2n) is 4.88. The smallest absolute Gasteiger partial charge is 0.227 e. The van der Waals surface area contributed by atoms with E-state index in [0.29, 0.717) is 11.4 Å². The number of hydrogen-bond acceptors (Lipinski definition) is 4. The lowest BCUT2D eigenvalue weighted by atomic mass is 10.1. The van der Waals surface area contributed by atoms with Gasteiger partial charge < -0.3 is 21.0 Å². The molecule has 1 aliphatic rings. The minimum Gasteiger partial charge on any atom is -0.485 e. The molecule has 0 unspecified atom stereocenters. The van der Waals surface area contributed by atoms with Gasteiger partial charge >= 0.3 is 0 Å². The molecular weight excluding hydrogens is 258 g/mol. The highest BCUT2D eigenvalue weighted by Gasteiger charge is 2.22. The van der Waals surface area contributed by atoms with Gasteiger partial charge in [-0.05, 0) is 25.0 Å². The molecule has 1 fully saturated rings. The number of amidine groups is 1. The predicted molar refractivity (Wildman–Crippen MR) is 75.9 cm³/mol. The van der Waals surface area contributed by atoms with Gasteiger partial charge in [-0.1, -0.05) is 24.1 Å². The Bertz CT molecular complexity index is 496. The fraction of sp³-hybridized carbons (Fsp3) is 0.429. The van der Waals surface area contributed by atoms with E-state index in [-0.39, 0.29) is 24.3 Å². The van der Waals surface area contributed by atoms with Crippen LogP contribution in [0.1, 0.15) is 25.7 Å². The van der Waals surface area contributed by atoms with Crippen LogP contribution < -0.4 is 15.8 Å². The summed E-state index contributed by atoms with van der Waals surface area (Å²) in [7, 11) is 0. The lowest BCUT2D eigenvalue weighted by Gasteiger charge is -2.11. The molecule has 0 aliphatic heterocycles. The maximum atomic E-state index is 12.0. The number of ether oxygens (including phenoxy) is 1. The van der Waals surface area contributed by atoms with Crippen molar-refractivity contribution in [2.75, 3.05) is 11.9 Å². The zero-order chi connectivity index (χ0) is 14.4. The molecule has 6 heteroatoms. The summed E-state index contributed by atoms with van der Waals surface area (Å²) in [5, 5.41) is 14.2. The maximum Gasteiger partial charge on any atom is 0.227 e. The molecule has 0 radical (unpaired) electrons. The van der Waals surface area contributed by atoms with Gasteiger partial charge in [0.25, 0.3) is 0 Å². The van der Waals surface area contributed by atoms with E-state index in [4.69, 9.17) is 15.7 Å². The largest absolute Gasteiger partial charge is 0.485 e. The number of anilines is 1. The molecule has 1 aromatic rings. The van der Waals surface area contributed by atoms with Crippen molar-refractivity contribution >= 4 is 17.4 Å². The van der Waals surface area contributed by atoms with Crippen molar-refractivity contribution < 1.29 is 14.7 Å².